The van der Waals surface area contributed by atoms with Crippen molar-refractivity contribution in [1.82, 2.24) is 4.90 Å². The minimum absolute atomic E-state index is 0.0218. The molecular formula is C13H18FNO3. The minimum atomic E-state index is -0.529. The number of hydrogen-bond acceptors (Lipinski definition) is 4. The Bertz CT molecular complexity index is 409. The Morgan fingerprint density at radius 2 is 2.22 bits per heavy atom. The summed E-state index contributed by atoms with van der Waals surface area (Å²) in [5.41, 5.74) is 0.0218. The predicted molar refractivity (Wildman–Crippen MR) is 66.4 cm³/mol. The van der Waals surface area contributed by atoms with Crippen molar-refractivity contribution in [3.63, 3.8) is 0 Å². The molecule has 1 rings (SSSR count). The van der Waals surface area contributed by atoms with Gasteiger partial charge in [-0.3, -0.25) is 9.69 Å². The monoisotopic (exact) mass is 255 g/mol. The first-order valence-corrected chi connectivity index (χ1v) is 5.73. The number of ketones is 1. The molecule has 0 unspecified atom stereocenters. The Morgan fingerprint density at radius 3 is 2.89 bits per heavy atom. The summed E-state index contributed by atoms with van der Waals surface area (Å²) < 4.78 is 17.9. The van der Waals surface area contributed by atoms with Gasteiger partial charge in [-0.15, -0.1) is 0 Å². The number of ether oxygens (including phenoxy) is 1. The number of aromatic hydroxyl groups is 1. The number of rotatable bonds is 7. The van der Waals surface area contributed by atoms with Gasteiger partial charge in [-0.1, -0.05) is 0 Å². The number of nitrogens with zero attached hydrogens (tertiary/aromatic N) is 1. The molecule has 0 saturated heterocycles. The average Bonchev–Trinajstić information content (AvgIpc) is 2.32. The van der Waals surface area contributed by atoms with Crippen LogP contribution in [0.1, 0.15) is 16.8 Å². The molecule has 1 aromatic rings. The highest BCUT2D eigenvalue weighted by Gasteiger charge is 2.14. The molecule has 0 atom stereocenters. The van der Waals surface area contributed by atoms with E-state index in [1.165, 1.54) is 6.07 Å². The second-order valence-electron chi connectivity index (χ2n) is 4.17. The molecule has 5 heteroatoms. The van der Waals surface area contributed by atoms with E-state index in [-0.39, 0.29) is 23.6 Å². The van der Waals surface area contributed by atoms with Crippen LogP contribution in [0.5, 0.6) is 5.75 Å². The fourth-order valence-electron chi connectivity index (χ4n) is 1.62. The second kappa shape index (κ2) is 7.08. The molecule has 0 aliphatic carbocycles. The lowest BCUT2D eigenvalue weighted by Gasteiger charge is -2.15. The van der Waals surface area contributed by atoms with Gasteiger partial charge in [0.15, 0.2) is 5.78 Å². The van der Waals surface area contributed by atoms with Gasteiger partial charge in [-0.25, -0.2) is 4.39 Å². The van der Waals surface area contributed by atoms with Crippen LogP contribution in [0.2, 0.25) is 0 Å². The quantitative estimate of drug-likeness (QED) is 0.595. The van der Waals surface area contributed by atoms with Crippen molar-refractivity contribution in [3.8, 4) is 5.75 Å². The number of phenols is 1. The van der Waals surface area contributed by atoms with Crippen molar-refractivity contribution in [2.45, 2.75) is 6.42 Å². The number of Topliss-reactive ketones (excluding diaryl/α,β-unsaturated/α-hetero) is 1. The van der Waals surface area contributed by atoms with E-state index < -0.39 is 5.82 Å². The van der Waals surface area contributed by atoms with E-state index in [4.69, 9.17) is 4.74 Å². The molecular weight excluding hydrogens is 237 g/mol. The van der Waals surface area contributed by atoms with Gasteiger partial charge < -0.3 is 9.84 Å². The fourth-order valence-corrected chi connectivity index (χ4v) is 1.62. The summed E-state index contributed by atoms with van der Waals surface area (Å²) in [4.78, 5) is 13.7. The Balaban J connectivity index is 2.56. The van der Waals surface area contributed by atoms with Gasteiger partial charge in [0.1, 0.15) is 11.6 Å². The van der Waals surface area contributed by atoms with E-state index in [0.29, 0.717) is 13.2 Å². The van der Waals surface area contributed by atoms with Crippen LogP contribution in [0.15, 0.2) is 18.2 Å². The molecule has 4 nitrogen and oxygen atoms in total. The summed E-state index contributed by atoms with van der Waals surface area (Å²) in [5.74, 6) is -1.02. The lowest BCUT2D eigenvalue weighted by Crippen LogP contribution is -2.27. The van der Waals surface area contributed by atoms with Gasteiger partial charge in [0.05, 0.1) is 12.1 Å². The van der Waals surface area contributed by atoms with E-state index in [9.17, 15) is 14.3 Å². The van der Waals surface area contributed by atoms with Gasteiger partial charge in [0.2, 0.25) is 0 Å². The topological polar surface area (TPSA) is 49.8 Å². The first-order chi connectivity index (χ1) is 8.54. The number of likely N-dealkylation sites (N-methyl/N-ethyl adjacent to an activating group) is 1. The maximum atomic E-state index is 13.0. The van der Waals surface area contributed by atoms with E-state index in [2.05, 4.69) is 0 Å². The number of phenolic OH excluding ortho intramolecular Hbond substituents is 1. The number of halogens is 1. The highest BCUT2D eigenvalue weighted by atomic mass is 19.1. The number of methoxy groups -OCH3 is 1. The largest absolute Gasteiger partial charge is 0.507 e. The third-order valence-electron chi connectivity index (χ3n) is 2.56. The van der Waals surface area contributed by atoms with Crippen LogP contribution in [-0.4, -0.2) is 49.6 Å². The summed E-state index contributed by atoms with van der Waals surface area (Å²) >= 11 is 0. The molecule has 0 aliphatic heterocycles. The standard InChI is InChI=1S/C13H18FNO3/c1-15(6-3-7-18-2)9-13(17)11-8-10(14)4-5-12(11)16/h4-5,8,16H,3,6-7,9H2,1-2H3. The fraction of sp³-hybridized carbons (Fsp3) is 0.462. The first-order valence-electron chi connectivity index (χ1n) is 5.73. The van der Waals surface area contributed by atoms with E-state index >= 15 is 0 Å². The van der Waals surface area contributed by atoms with Gasteiger partial charge in [0, 0.05) is 20.3 Å². The molecule has 0 aliphatic rings. The molecule has 0 aromatic heterocycles. The first kappa shape index (κ1) is 14.6. The maximum absolute atomic E-state index is 13.0. The Labute approximate surface area is 106 Å². The van der Waals surface area contributed by atoms with Crippen LogP contribution in [0.4, 0.5) is 4.39 Å². The van der Waals surface area contributed by atoms with Crippen molar-refractivity contribution >= 4 is 5.78 Å². The van der Waals surface area contributed by atoms with Crippen LogP contribution < -0.4 is 0 Å². The zero-order valence-electron chi connectivity index (χ0n) is 10.6. The van der Waals surface area contributed by atoms with Crippen LogP contribution in [-0.2, 0) is 4.74 Å². The minimum Gasteiger partial charge on any atom is -0.507 e. The molecule has 0 amide bonds. The van der Waals surface area contributed by atoms with Crippen molar-refractivity contribution in [1.29, 1.82) is 0 Å². The van der Waals surface area contributed by atoms with Crippen molar-refractivity contribution < 1.29 is 19.0 Å². The zero-order valence-corrected chi connectivity index (χ0v) is 10.6. The lowest BCUT2D eigenvalue weighted by molar-refractivity contribution is 0.0935. The smallest absolute Gasteiger partial charge is 0.180 e. The summed E-state index contributed by atoms with van der Waals surface area (Å²) in [6.07, 6.45) is 0.815. The number of carbonyl (C=O) groups excluding carboxylic acids is 1. The molecule has 0 radical (unpaired) electrons. The highest BCUT2D eigenvalue weighted by molar-refractivity contribution is 5.99. The summed E-state index contributed by atoms with van der Waals surface area (Å²) in [6, 6.07) is 3.36. The third kappa shape index (κ3) is 4.43. The average molecular weight is 255 g/mol. The second-order valence-corrected chi connectivity index (χ2v) is 4.17. The van der Waals surface area contributed by atoms with Crippen molar-refractivity contribution in [2.24, 2.45) is 0 Å². The summed E-state index contributed by atoms with van der Waals surface area (Å²) in [6.45, 7) is 1.47. The Kier molecular flexibility index (Phi) is 5.74. The van der Waals surface area contributed by atoms with E-state index in [1.807, 2.05) is 4.90 Å². The molecule has 0 saturated carbocycles. The number of benzene rings is 1. The van der Waals surface area contributed by atoms with Crippen molar-refractivity contribution in [3.05, 3.63) is 29.6 Å². The van der Waals surface area contributed by atoms with E-state index in [1.54, 1.807) is 14.2 Å². The van der Waals surface area contributed by atoms with Crippen LogP contribution in [0.25, 0.3) is 0 Å². The molecule has 0 bridgehead atoms. The molecule has 0 fully saturated rings. The predicted octanol–water partition coefficient (Wildman–Crippen LogP) is 1.68. The summed E-state index contributed by atoms with van der Waals surface area (Å²) in [7, 11) is 3.42. The van der Waals surface area contributed by atoms with E-state index in [0.717, 1.165) is 18.6 Å². The summed E-state index contributed by atoms with van der Waals surface area (Å²) in [5, 5.41) is 9.51. The normalized spacial score (nSPS) is 10.9. The highest BCUT2D eigenvalue weighted by Crippen LogP contribution is 2.18. The molecule has 100 valence electrons. The van der Waals surface area contributed by atoms with Gasteiger partial charge in [0.25, 0.3) is 0 Å². The SMILES string of the molecule is COCCCN(C)CC(=O)c1cc(F)ccc1O. The molecule has 1 N–H and O–H groups in total. The van der Waals surface area contributed by atoms with Crippen molar-refractivity contribution in [2.75, 3.05) is 33.9 Å². The Morgan fingerprint density at radius 1 is 1.50 bits per heavy atom. The molecule has 18 heavy (non-hydrogen) atoms. The van der Waals surface area contributed by atoms with Crippen LogP contribution in [0, 0.1) is 5.82 Å². The molecule has 1 aromatic carbocycles. The third-order valence-corrected chi connectivity index (χ3v) is 2.56. The van der Waals surface area contributed by atoms with Gasteiger partial charge in [-0.2, -0.15) is 0 Å². The number of carbonyl (C=O) groups is 1. The molecule has 0 spiro atoms. The lowest BCUT2D eigenvalue weighted by atomic mass is 10.1. The number of hydrogen-bond donors (Lipinski definition) is 1. The van der Waals surface area contributed by atoms with Crippen LogP contribution in [0.3, 0.4) is 0 Å². The zero-order chi connectivity index (χ0) is 13.5. The van der Waals surface area contributed by atoms with Crippen LogP contribution >= 0.6 is 0 Å². The molecule has 0 heterocycles. The maximum Gasteiger partial charge on any atom is 0.180 e. The van der Waals surface area contributed by atoms with Gasteiger partial charge in [-0.05, 0) is 31.7 Å². The Hall–Kier alpha value is -1.46. The van der Waals surface area contributed by atoms with Gasteiger partial charge >= 0.3 is 0 Å².